The van der Waals surface area contributed by atoms with Gasteiger partial charge in [-0.2, -0.15) is 5.06 Å². The summed E-state index contributed by atoms with van der Waals surface area (Å²) in [6.45, 7) is 13.1. The van der Waals surface area contributed by atoms with Crippen LogP contribution in [0, 0.1) is 0 Å². The highest BCUT2D eigenvalue weighted by atomic mass is 16.7. The monoisotopic (exact) mass is 233 g/mol. The van der Waals surface area contributed by atoms with Gasteiger partial charge in [0.1, 0.15) is 0 Å². The van der Waals surface area contributed by atoms with Crippen molar-refractivity contribution in [3.8, 4) is 0 Å². The number of hydrogen-bond acceptors (Lipinski definition) is 2. The first-order valence-electron chi connectivity index (χ1n) is 6.35. The first-order valence-corrected chi connectivity index (χ1v) is 6.35. The van der Waals surface area contributed by atoms with E-state index in [4.69, 9.17) is 4.84 Å². The predicted molar refractivity (Wildman–Crippen MR) is 70.6 cm³/mol. The Morgan fingerprint density at radius 1 is 0.941 bits per heavy atom. The molecule has 1 aromatic rings. The number of hydrogen-bond donors (Lipinski definition) is 0. The predicted octanol–water partition coefficient (Wildman–Crippen LogP) is 3.81. The average Bonchev–Trinajstić information content (AvgIpc) is 2.38. The highest BCUT2D eigenvalue weighted by Gasteiger charge is 2.50. The van der Waals surface area contributed by atoms with Gasteiger partial charge in [0.25, 0.3) is 0 Å². The van der Waals surface area contributed by atoms with Crippen molar-refractivity contribution in [2.75, 3.05) is 0 Å². The highest BCUT2D eigenvalue weighted by molar-refractivity contribution is 5.42. The summed E-state index contributed by atoms with van der Waals surface area (Å²) < 4.78 is 0. The van der Waals surface area contributed by atoms with E-state index in [9.17, 15) is 0 Å². The maximum Gasteiger partial charge on any atom is 0.0737 e. The number of benzene rings is 1. The molecule has 0 saturated carbocycles. The van der Waals surface area contributed by atoms with E-state index in [0.29, 0.717) is 0 Å². The molecular weight excluding hydrogens is 210 g/mol. The van der Waals surface area contributed by atoms with E-state index in [-0.39, 0.29) is 17.2 Å². The zero-order chi connectivity index (χ0) is 12.8. The van der Waals surface area contributed by atoms with Crippen LogP contribution in [0.25, 0.3) is 0 Å². The Bertz CT molecular complexity index is 386. The first-order chi connectivity index (χ1) is 7.78. The molecule has 1 heterocycles. The van der Waals surface area contributed by atoms with Gasteiger partial charge in [0, 0.05) is 0 Å². The van der Waals surface area contributed by atoms with E-state index in [0.717, 1.165) is 0 Å². The third-order valence-electron chi connectivity index (χ3n) is 3.58. The number of fused-ring (bicyclic) bond motifs is 1. The average molecular weight is 233 g/mol. The maximum atomic E-state index is 6.06. The van der Waals surface area contributed by atoms with Gasteiger partial charge in [0.2, 0.25) is 0 Å². The Kier molecular flexibility index (Phi) is 2.83. The van der Waals surface area contributed by atoms with Gasteiger partial charge < -0.3 is 0 Å². The van der Waals surface area contributed by atoms with Gasteiger partial charge in [-0.05, 0) is 52.7 Å². The van der Waals surface area contributed by atoms with Gasteiger partial charge in [-0.25, -0.2) is 0 Å². The smallest absolute Gasteiger partial charge is 0.0737 e. The lowest BCUT2D eigenvalue weighted by molar-refractivity contribution is -0.280. The third kappa shape index (κ3) is 1.80. The SMILES string of the molecule is CC(C)ON1C(C)(C)c2ccccc2C1(C)C. The van der Waals surface area contributed by atoms with Crippen molar-refractivity contribution in [1.82, 2.24) is 5.06 Å². The summed E-state index contributed by atoms with van der Waals surface area (Å²) in [5.74, 6) is 0. The molecule has 0 fully saturated rings. The van der Waals surface area contributed by atoms with Crippen LogP contribution < -0.4 is 0 Å². The van der Waals surface area contributed by atoms with Gasteiger partial charge in [0.15, 0.2) is 0 Å². The summed E-state index contributed by atoms with van der Waals surface area (Å²) >= 11 is 0. The minimum absolute atomic E-state index is 0.0790. The second kappa shape index (κ2) is 3.82. The summed E-state index contributed by atoms with van der Waals surface area (Å²) in [5, 5.41) is 2.15. The van der Waals surface area contributed by atoms with Crippen LogP contribution in [0.2, 0.25) is 0 Å². The molecule has 1 aromatic carbocycles. The van der Waals surface area contributed by atoms with Gasteiger partial charge >= 0.3 is 0 Å². The summed E-state index contributed by atoms with van der Waals surface area (Å²) in [5.41, 5.74) is 2.57. The second-order valence-electron chi connectivity index (χ2n) is 6.11. The molecule has 1 aliphatic heterocycles. The summed E-state index contributed by atoms with van der Waals surface area (Å²) in [7, 11) is 0. The maximum absolute atomic E-state index is 6.06. The number of hydroxylamine groups is 2. The van der Waals surface area contributed by atoms with Crippen LogP contribution in [0.15, 0.2) is 24.3 Å². The molecule has 2 rings (SSSR count). The van der Waals surface area contributed by atoms with Crippen molar-refractivity contribution in [3.63, 3.8) is 0 Å². The molecule has 0 aromatic heterocycles. The lowest BCUT2D eigenvalue weighted by Gasteiger charge is -2.40. The molecule has 0 saturated heterocycles. The Balaban J connectivity index is 2.52. The van der Waals surface area contributed by atoms with Crippen molar-refractivity contribution < 1.29 is 4.84 Å². The molecule has 0 unspecified atom stereocenters. The fourth-order valence-corrected chi connectivity index (χ4v) is 2.94. The Morgan fingerprint density at radius 3 is 1.71 bits per heavy atom. The minimum Gasteiger partial charge on any atom is -0.295 e. The van der Waals surface area contributed by atoms with Crippen LogP contribution in [0.1, 0.15) is 52.7 Å². The van der Waals surface area contributed by atoms with E-state index >= 15 is 0 Å². The highest BCUT2D eigenvalue weighted by Crippen LogP contribution is 2.49. The van der Waals surface area contributed by atoms with Crippen LogP contribution in [0.5, 0.6) is 0 Å². The Labute approximate surface area is 105 Å². The summed E-state index contributed by atoms with van der Waals surface area (Å²) in [4.78, 5) is 6.06. The van der Waals surface area contributed by atoms with Crippen molar-refractivity contribution in [2.45, 2.75) is 58.7 Å². The second-order valence-corrected chi connectivity index (χ2v) is 6.11. The zero-order valence-corrected chi connectivity index (χ0v) is 11.7. The van der Waals surface area contributed by atoms with E-state index in [1.165, 1.54) is 11.1 Å². The normalized spacial score (nSPS) is 21.8. The van der Waals surface area contributed by atoms with E-state index in [2.05, 4.69) is 70.9 Å². The lowest BCUT2D eigenvalue weighted by atomic mass is 9.91. The number of nitrogens with zero attached hydrogens (tertiary/aromatic N) is 1. The fraction of sp³-hybridized carbons (Fsp3) is 0.600. The molecule has 0 atom stereocenters. The molecule has 0 N–H and O–H groups in total. The first kappa shape index (κ1) is 12.6. The van der Waals surface area contributed by atoms with Gasteiger partial charge in [-0.3, -0.25) is 4.84 Å². The molecule has 0 bridgehead atoms. The van der Waals surface area contributed by atoms with Crippen LogP contribution in [-0.4, -0.2) is 11.2 Å². The molecule has 1 aliphatic rings. The quantitative estimate of drug-likeness (QED) is 0.770. The van der Waals surface area contributed by atoms with Crippen molar-refractivity contribution >= 4 is 0 Å². The van der Waals surface area contributed by atoms with Crippen LogP contribution >= 0.6 is 0 Å². The molecular formula is C15H23NO. The lowest BCUT2D eigenvalue weighted by Crippen LogP contribution is -2.46. The van der Waals surface area contributed by atoms with Gasteiger partial charge in [-0.1, -0.05) is 24.3 Å². The van der Waals surface area contributed by atoms with Crippen LogP contribution in [-0.2, 0) is 15.9 Å². The molecule has 2 heteroatoms. The van der Waals surface area contributed by atoms with Crippen molar-refractivity contribution in [1.29, 1.82) is 0 Å². The molecule has 0 aliphatic carbocycles. The molecule has 0 amide bonds. The fourth-order valence-electron chi connectivity index (χ4n) is 2.94. The van der Waals surface area contributed by atoms with Crippen molar-refractivity contribution in [3.05, 3.63) is 35.4 Å². The third-order valence-corrected chi connectivity index (χ3v) is 3.58. The summed E-state index contributed by atoms with van der Waals surface area (Å²) in [6.07, 6.45) is 0.197. The van der Waals surface area contributed by atoms with Crippen molar-refractivity contribution in [2.24, 2.45) is 0 Å². The topological polar surface area (TPSA) is 12.5 Å². The van der Waals surface area contributed by atoms with Crippen LogP contribution in [0.4, 0.5) is 0 Å². The molecule has 2 nitrogen and oxygen atoms in total. The molecule has 0 spiro atoms. The molecule has 17 heavy (non-hydrogen) atoms. The largest absolute Gasteiger partial charge is 0.295 e. The van der Waals surface area contributed by atoms with Gasteiger partial charge in [-0.15, -0.1) is 0 Å². The van der Waals surface area contributed by atoms with E-state index in [1.54, 1.807) is 0 Å². The van der Waals surface area contributed by atoms with E-state index < -0.39 is 0 Å². The van der Waals surface area contributed by atoms with Crippen LogP contribution in [0.3, 0.4) is 0 Å². The zero-order valence-electron chi connectivity index (χ0n) is 11.7. The van der Waals surface area contributed by atoms with E-state index in [1.807, 2.05) is 0 Å². The summed E-state index contributed by atoms with van der Waals surface area (Å²) in [6, 6.07) is 8.63. The Morgan fingerprint density at radius 2 is 1.35 bits per heavy atom. The molecule has 94 valence electrons. The van der Waals surface area contributed by atoms with Gasteiger partial charge in [0.05, 0.1) is 17.2 Å². The minimum atomic E-state index is -0.0790. The molecule has 0 radical (unpaired) electrons. The standard InChI is InChI=1S/C15H23NO/c1-11(2)17-16-14(3,4)12-9-7-8-10-13(12)15(16,5)6/h7-11H,1-6H3. The Hall–Kier alpha value is -0.860. The number of rotatable bonds is 2.